The Labute approximate surface area is 126 Å². The Hall–Kier alpha value is -0.450. The van der Waals surface area contributed by atoms with Gasteiger partial charge in [0.1, 0.15) is 0 Å². The molecule has 0 aromatic carbocycles. The number of hydrogen-bond acceptors (Lipinski definition) is 4. The van der Waals surface area contributed by atoms with Crippen LogP contribution in [0.15, 0.2) is 5.38 Å². The van der Waals surface area contributed by atoms with Gasteiger partial charge in [0.2, 0.25) is 0 Å². The highest BCUT2D eigenvalue weighted by atomic mass is 32.1. The summed E-state index contributed by atoms with van der Waals surface area (Å²) in [6.45, 7) is 6.74. The van der Waals surface area contributed by atoms with Gasteiger partial charge in [-0.25, -0.2) is 4.98 Å². The molecule has 2 fully saturated rings. The van der Waals surface area contributed by atoms with Crippen LogP contribution in [0, 0.1) is 6.92 Å². The first kappa shape index (κ1) is 14.5. The fraction of sp³-hybridized carbons (Fsp3) is 0.812. The zero-order chi connectivity index (χ0) is 13.9. The van der Waals surface area contributed by atoms with Gasteiger partial charge in [0.05, 0.1) is 5.01 Å². The number of nitrogens with one attached hydrogen (secondary N) is 1. The van der Waals surface area contributed by atoms with E-state index in [4.69, 9.17) is 0 Å². The average molecular weight is 293 g/mol. The topological polar surface area (TPSA) is 28.2 Å². The smallest absolute Gasteiger partial charge is 0.0940 e. The first-order valence-corrected chi connectivity index (χ1v) is 9.04. The molecule has 2 aliphatic rings. The van der Waals surface area contributed by atoms with Crippen molar-refractivity contribution in [3.63, 3.8) is 0 Å². The molecule has 0 saturated carbocycles. The lowest BCUT2D eigenvalue weighted by molar-refractivity contribution is 0.118. The van der Waals surface area contributed by atoms with Crippen LogP contribution in [0.25, 0.3) is 0 Å². The van der Waals surface area contributed by atoms with E-state index in [9.17, 15) is 0 Å². The van der Waals surface area contributed by atoms with Crippen molar-refractivity contribution in [2.75, 3.05) is 13.1 Å². The Balaban J connectivity index is 1.52. The van der Waals surface area contributed by atoms with Gasteiger partial charge in [0.15, 0.2) is 0 Å². The van der Waals surface area contributed by atoms with Crippen molar-refractivity contribution in [3.8, 4) is 0 Å². The molecule has 3 rings (SSSR count). The summed E-state index contributed by atoms with van der Waals surface area (Å²) >= 11 is 1.82. The summed E-state index contributed by atoms with van der Waals surface area (Å²) in [5.41, 5.74) is 1.18. The van der Waals surface area contributed by atoms with Crippen molar-refractivity contribution >= 4 is 11.3 Å². The molecule has 2 bridgehead atoms. The Kier molecular flexibility index (Phi) is 4.74. The lowest BCUT2D eigenvalue weighted by Crippen LogP contribution is -2.49. The van der Waals surface area contributed by atoms with Crippen molar-refractivity contribution in [2.45, 2.75) is 70.5 Å². The van der Waals surface area contributed by atoms with Gasteiger partial charge >= 0.3 is 0 Å². The van der Waals surface area contributed by atoms with Gasteiger partial charge in [-0.3, -0.25) is 4.90 Å². The fourth-order valence-electron chi connectivity index (χ4n) is 3.90. The van der Waals surface area contributed by atoms with Crippen LogP contribution < -0.4 is 5.32 Å². The van der Waals surface area contributed by atoms with Crippen LogP contribution in [0.1, 0.15) is 49.7 Å². The van der Waals surface area contributed by atoms with Crippen molar-refractivity contribution in [1.82, 2.24) is 15.2 Å². The largest absolute Gasteiger partial charge is 0.314 e. The predicted octanol–water partition coefficient (Wildman–Crippen LogP) is 2.99. The van der Waals surface area contributed by atoms with E-state index in [1.165, 1.54) is 55.9 Å². The van der Waals surface area contributed by atoms with Gasteiger partial charge in [0, 0.05) is 42.2 Å². The third-order valence-corrected chi connectivity index (χ3v) is 5.84. The minimum absolute atomic E-state index is 0.769. The third kappa shape index (κ3) is 3.23. The molecule has 3 heterocycles. The molecule has 20 heavy (non-hydrogen) atoms. The summed E-state index contributed by atoms with van der Waals surface area (Å²) in [7, 11) is 0. The Bertz CT molecular complexity index is 417. The third-order valence-electron chi connectivity index (χ3n) is 4.82. The summed E-state index contributed by atoms with van der Waals surface area (Å²) in [6, 6.07) is 2.42. The van der Waals surface area contributed by atoms with E-state index in [-0.39, 0.29) is 0 Å². The maximum Gasteiger partial charge on any atom is 0.0940 e. The molecule has 1 aromatic rings. The summed E-state index contributed by atoms with van der Waals surface area (Å²) < 4.78 is 0. The Morgan fingerprint density at radius 1 is 1.35 bits per heavy atom. The SMILES string of the molecule is CCCNC1CC2CCC(C1)N2CCc1nc(C)cs1. The van der Waals surface area contributed by atoms with E-state index < -0.39 is 0 Å². The van der Waals surface area contributed by atoms with Crippen LogP contribution in [0.4, 0.5) is 0 Å². The lowest BCUT2D eigenvalue weighted by atomic mass is 9.97. The molecule has 2 saturated heterocycles. The molecule has 0 spiro atoms. The Morgan fingerprint density at radius 2 is 2.10 bits per heavy atom. The molecule has 2 unspecified atom stereocenters. The van der Waals surface area contributed by atoms with E-state index in [1.807, 2.05) is 11.3 Å². The number of nitrogens with zero attached hydrogens (tertiary/aromatic N) is 2. The molecule has 0 radical (unpaired) electrons. The van der Waals surface area contributed by atoms with Gasteiger partial charge < -0.3 is 5.32 Å². The molecule has 112 valence electrons. The number of aromatic nitrogens is 1. The molecular weight excluding hydrogens is 266 g/mol. The number of hydrogen-bond donors (Lipinski definition) is 1. The maximum atomic E-state index is 4.60. The standard InChI is InChI=1S/C16H27N3S/c1-3-7-17-13-9-14-4-5-15(10-13)19(14)8-6-16-18-12(2)11-20-16/h11,13-15,17H,3-10H2,1-2H3. The molecule has 2 atom stereocenters. The number of aryl methyl sites for hydroxylation is 1. The van der Waals surface area contributed by atoms with Crippen LogP contribution in [0.3, 0.4) is 0 Å². The highest BCUT2D eigenvalue weighted by molar-refractivity contribution is 7.09. The van der Waals surface area contributed by atoms with E-state index in [2.05, 4.69) is 34.4 Å². The van der Waals surface area contributed by atoms with Gasteiger partial charge in [-0.05, 0) is 45.6 Å². The quantitative estimate of drug-likeness (QED) is 0.874. The van der Waals surface area contributed by atoms with Crippen LogP contribution >= 0.6 is 11.3 Å². The first-order chi connectivity index (χ1) is 9.76. The molecule has 0 amide bonds. The zero-order valence-corrected chi connectivity index (χ0v) is 13.6. The van der Waals surface area contributed by atoms with Crippen molar-refractivity contribution in [3.05, 3.63) is 16.1 Å². The zero-order valence-electron chi connectivity index (χ0n) is 12.8. The molecule has 4 heteroatoms. The lowest BCUT2D eigenvalue weighted by Gasteiger charge is -2.39. The van der Waals surface area contributed by atoms with Crippen molar-refractivity contribution in [2.24, 2.45) is 0 Å². The Morgan fingerprint density at radius 3 is 2.70 bits per heavy atom. The van der Waals surface area contributed by atoms with E-state index >= 15 is 0 Å². The number of rotatable bonds is 6. The second-order valence-corrected chi connectivity index (χ2v) is 7.32. The molecule has 0 aliphatic carbocycles. The summed E-state index contributed by atoms with van der Waals surface area (Å²) in [6.07, 6.45) is 7.91. The number of thiazole rings is 1. The van der Waals surface area contributed by atoms with Crippen LogP contribution in [0.2, 0.25) is 0 Å². The van der Waals surface area contributed by atoms with E-state index in [0.29, 0.717) is 0 Å². The highest BCUT2D eigenvalue weighted by Crippen LogP contribution is 2.35. The highest BCUT2D eigenvalue weighted by Gasteiger charge is 2.39. The van der Waals surface area contributed by atoms with Crippen molar-refractivity contribution < 1.29 is 0 Å². The normalized spacial score (nSPS) is 30.0. The minimum Gasteiger partial charge on any atom is -0.314 e. The molecule has 1 aromatic heterocycles. The molecular formula is C16H27N3S. The monoisotopic (exact) mass is 293 g/mol. The summed E-state index contributed by atoms with van der Waals surface area (Å²) in [4.78, 5) is 7.38. The minimum atomic E-state index is 0.769. The second-order valence-electron chi connectivity index (χ2n) is 6.38. The van der Waals surface area contributed by atoms with Crippen LogP contribution in [-0.2, 0) is 6.42 Å². The first-order valence-electron chi connectivity index (χ1n) is 8.16. The van der Waals surface area contributed by atoms with Gasteiger partial charge in [-0.15, -0.1) is 11.3 Å². The number of fused-ring (bicyclic) bond motifs is 2. The maximum absolute atomic E-state index is 4.60. The average Bonchev–Trinajstić information content (AvgIpc) is 2.95. The van der Waals surface area contributed by atoms with Gasteiger partial charge in [-0.2, -0.15) is 0 Å². The van der Waals surface area contributed by atoms with Crippen LogP contribution in [0.5, 0.6) is 0 Å². The molecule has 2 aliphatic heterocycles. The number of piperidine rings is 1. The van der Waals surface area contributed by atoms with E-state index in [1.54, 1.807) is 0 Å². The summed E-state index contributed by atoms with van der Waals surface area (Å²) in [5, 5.41) is 7.22. The molecule has 3 nitrogen and oxygen atoms in total. The van der Waals surface area contributed by atoms with Gasteiger partial charge in [0.25, 0.3) is 0 Å². The van der Waals surface area contributed by atoms with E-state index in [0.717, 1.165) is 24.5 Å². The summed E-state index contributed by atoms with van der Waals surface area (Å²) in [5.74, 6) is 0. The molecule has 1 N–H and O–H groups in total. The van der Waals surface area contributed by atoms with Crippen molar-refractivity contribution in [1.29, 1.82) is 0 Å². The predicted molar refractivity (Wildman–Crippen MR) is 85.4 cm³/mol. The van der Waals surface area contributed by atoms with Gasteiger partial charge in [-0.1, -0.05) is 6.92 Å². The fourth-order valence-corrected chi connectivity index (χ4v) is 4.66. The van der Waals surface area contributed by atoms with Crippen LogP contribution in [-0.4, -0.2) is 41.1 Å². The second kappa shape index (κ2) is 6.54.